The lowest BCUT2D eigenvalue weighted by atomic mass is 9.78. The monoisotopic (exact) mass is 281 g/mol. The third kappa shape index (κ3) is 3.08. The smallest absolute Gasteiger partial charge is 0.258 e. The number of rotatable bonds is 4. The highest BCUT2D eigenvalue weighted by atomic mass is 35.5. The average molecular weight is 282 g/mol. The standard InChI is InChI=1S/C15H20ClNO2/c1-15(2)9-5-7-12(15)13(16)10-11-6-3-4-8-14(11)17(18)19/h3-4,6,8,12-13H,5,7,9-10H2,1-2H3. The van der Waals surface area contributed by atoms with Gasteiger partial charge in [-0.25, -0.2) is 0 Å². The van der Waals surface area contributed by atoms with E-state index in [0.29, 0.717) is 12.3 Å². The highest BCUT2D eigenvalue weighted by Crippen LogP contribution is 2.46. The van der Waals surface area contributed by atoms with E-state index in [4.69, 9.17) is 11.6 Å². The summed E-state index contributed by atoms with van der Waals surface area (Å²) in [7, 11) is 0. The summed E-state index contributed by atoms with van der Waals surface area (Å²) >= 11 is 6.56. The Kier molecular flexibility index (Phi) is 4.14. The fourth-order valence-corrected chi connectivity index (χ4v) is 3.87. The molecule has 1 fully saturated rings. The fraction of sp³-hybridized carbons (Fsp3) is 0.600. The first-order valence-electron chi connectivity index (χ1n) is 6.78. The van der Waals surface area contributed by atoms with Crippen LogP contribution in [0.1, 0.15) is 38.7 Å². The Bertz CT molecular complexity index is 473. The number of para-hydroxylation sites is 1. The van der Waals surface area contributed by atoms with Crippen LogP contribution in [0.3, 0.4) is 0 Å². The Morgan fingerprint density at radius 1 is 1.47 bits per heavy atom. The summed E-state index contributed by atoms with van der Waals surface area (Å²) in [5.41, 5.74) is 1.18. The zero-order valence-corrected chi connectivity index (χ0v) is 12.2. The van der Waals surface area contributed by atoms with Gasteiger partial charge in [-0.1, -0.05) is 38.5 Å². The van der Waals surface area contributed by atoms with E-state index in [1.54, 1.807) is 12.1 Å². The lowest BCUT2D eigenvalue weighted by molar-refractivity contribution is -0.385. The molecule has 0 amide bonds. The third-order valence-corrected chi connectivity index (χ3v) is 4.84. The van der Waals surface area contributed by atoms with Gasteiger partial charge in [-0.05, 0) is 30.6 Å². The van der Waals surface area contributed by atoms with Gasteiger partial charge in [0.1, 0.15) is 0 Å². The molecule has 3 nitrogen and oxygen atoms in total. The van der Waals surface area contributed by atoms with Crippen LogP contribution in [0.25, 0.3) is 0 Å². The van der Waals surface area contributed by atoms with Crippen LogP contribution in [0.5, 0.6) is 0 Å². The van der Waals surface area contributed by atoms with Gasteiger partial charge >= 0.3 is 0 Å². The van der Waals surface area contributed by atoms with Crippen LogP contribution in [0, 0.1) is 21.4 Å². The summed E-state index contributed by atoms with van der Waals surface area (Å²) in [4.78, 5) is 10.7. The van der Waals surface area contributed by atoms with Crippen LogP contribution < -0.4 is 0 Å². The number of halogens is 1. The molecule has 0 saturated heterocycles. The topological polar surface area (TPSA) is 43.1 Å². The van der Waals surface area contributed by atoms with Gasteiger partial charge in [0, 0.05) is 17.0 Å². The minimum atomic E-state index is -0.321. The molecule has 0 heterocycles. The van der Waals surface area contributed by atoms with E-state index in [1.165, 1.54) is 12.8 Å². The van der Waals surface area contributed by atoms with E-state index in [-0.39, 0.29) is 21.4 Å². The largest absolute Gasteiger partial charge is 0.272 e. The fourth-order valence-electron chi connectivity index (χ4n) is 3.24. The zero-order chi connectivity index (χ0) is 14.0. The number of alkyl halides is 1. The molecular formula is C15H20ClNO2. The quantitative estimate of drug-likeness (QED) is 0.461. The SMILES string of the molecule is CC1(C)CCCC1C(Cl)Cc1ccccc1[N+](=O)[O-]. The van der Waals surface area contributed by atoms with Gasteiger partial charge < -0.3 is 0 Å². The van der Waals surface area contributed by atoms with Crippen LogP contribution >= 0.6 is 11.6 Å². The summed E-state index contributed by atoms with van der Waals surface area (Å²) in [6.45, 7) is 4.50. The van der Waals surface area contributed by atoms with Crippen molar-refractivity contribution in [2.45, 2.75) is 44.9 Å². The number of hydrogen-bond acceptors (Lipinski definition) is 2. The van der Waals surface area contributed by atoms with Crippen molar-refractivity contribution in [2.24, 2.45) is 11.3 Å². The first kappa shape index (κ1) is 14.3. The molecule has 19 heavy (non-hydrogen) atoms. The summed E-state index contributed by atoms with van der Waals surface area (Å²) in [5, 5.41) is 11.0. The van der Waals surface area contributed by atoms with Crippen LogP contribution in [0.15, 0.2) is 24.3 Å². The van der Waals surface area contributed by atoms with Gasteiger partial charge in [0.05, 0.1) is 4.92 Å². The number of hydrogen-bond donors (Lipinski definition) is 0. The Morgan fingerprint density at radius 3 is 2.74 bits per heavy atom. The predicted octanol–water partition coefficient (Wildman–Crippen LogP) is 4.57. The molecule has 104 valence electrons. The molecule has 0 aromatic heterocycles. The summed E-state index contributed by atoms with van der Waals surface area (Å²) in [6, 6.07) is 6.91. The van der Waals surface area contributed by atoms with E-state index < -0.39 is 0 Å². The van der Waals surface area contributed by atoms with E-state index in [9.17, 15) is 10.1 Å². The molecule has 0 radical (unpaired) electrons. The molecule has 0 aliphatic heterocycles. The summed E-state index contributed by atoms with van der Waals surface area (Å²) in [5.74, 6) is 0.439. The van der Waals surface area contributed by atoms with Gasteiger partial charge in [-0.3, -0.25) is 10.1 Å². The Hall–Kier alpha value is -1.09. The van der Waals surface area contributed by atoms with Crippen LogP contribution in [-0.2, 0) is 6.42 Å². The third-order valence-electron chi connectivity index (χ3n) is 4.38. The molecule has 1 saturated carbocycles. The molecule has 1 aliphatic carbocycles. The Balaban J connectivity index is 2.15. The predicted molar refractivity (Wildman–Crippen MR) is 77.6 cm³/mol. The molecule has 2 rings (SSSR count). The average Bonchev–Trinajstić information content (AvgIpc) is 2.69. The molecule has 2 unspecified atom stereocenters. The van der Waals surface area contributed by atoms with Crippen LogP contribution in [-0.4, -0.2) is 10.3 Å². The molecule has 1 aromatic carbocycles. The van der Waals surface area contributed by atoms with Gasteiger partial charge in [0.15, 0.2) is 0 Å². The highest BCUT2D eigenvalue weighted by molar-refractivity contribution is 6.21. The van der Waals surface area contributed by atoms with Gasteiger partial charge in [0.2, 0.25) is 0 Å². The number of nitrogens with zero attached hydrogens (tertiary/aromatic N) is 1. The number of nitro groups is 1. The molecular weight excluding hydrogens is 262 g/mol. The number of nitro benzene ring substituents is 1. The second-order valence-electron chi connectivity index (χ2n) is 6.09. The maximum absolute atomic E-state index is 11.0. The molecule has 2 atom stereocenters. The lowest BCUT2D eigenvalue weighted by Crippen LogP contribution is -2.27. The van der Waals surface area contributed by atoms with E-state index in [1.807, 2.05) is 12.1 Å². The van der Waals surface area contributed by atoms with Gasteiger partial charge in [0.25, 0.3) is 5.69 Å². The molecule has 0 spiro atoms. The second-order valence-corrected chi connectivity index (χ2v) is 6.65. The maximum Gasteiger partial charge on any atom is 0.272 e. The van der Waals surface area contributed by atoms with Crippen LogP contribution in [0.4, 0.5) is 5.69 Å². The first-order valence-corrected chi connectivity index (χ1v) is 7.22. The minimum Gasteiger partial charge on any atom is -0.258 e. The van der Waals surface area contributed by atoms with E-state index in [0.717, 1.165) is 12.0 Å². The summed E-state index contributed by atoms with van der Waals surface area (Å²) < 4.78 is 0. The van der Waals surface area contributed by atoms with Crippen molar-refractivity contribution >= 4 is 17.3 Å². The molecule has 4 heteroatoms. The Labute approximate surface area is 119 Å². The highest BCUT2D eigenvalue weighted by Gasteiger charge is 2.39. The molecule has 1 aromatic rings. The zero-order valence-electron chi connectivity index (χ0n) is 11.4. The lowest BCUT2D eigenvalue weighted by Gasteiger charge is -2.30. The van der Waals surface area contributed by atoms with Crippen molar-refractivity contribution < 1.29 is 4.92 Å². The van der Waals surface area contributed by atoms with Gasteiger partial charge in [-0.2, -0.15) is 0 Å². The number of benzene rings is 1. The van der Waals surface area contributed by atoms with Crippen molar-refractivity contribution in [3.05, 3.63) is 39.9 Å². The van der Waals surface area contributed by atoms with Crippen molar-refractivity contribution in [3.8, 4) is 0 Å². The molecule has 0 bridgehead atoms. The van der Waals surface area contributed by atoms with Crippen molar-refractivity contribution in [2.75, 3.05) is 0 Å². The van der Waals surface area contributed by atoms with E-state index >= 15 is 0 Å². The first-order chi connectivity index (χ1) is 8.92. The van der Waals surface area contributed by atoms with Crippen LogP contribution in [0.2, 0.25) is 0 Å². The van der Waals surface area contributed by atoms with Crippen molar-refractivity contribution in [1.29, 1.82) is 0 Å². The van der Waals surface area contributed by atoms with Crippen molar-refractivity contribution in [3.63, 3.8) is 0 Å². The molecule has 0 N–H and O–H groups in total. The molecule has 1 aliphatic rings. The van der Waals surface area contributed by atoms with Crippen molar-refractivity contribution in [1.82, 2.24) is 0 Å². The second kappa shape index (κ2) is 5.49. The summed E-state index contributed by atoms with van der Waals surface area (Å²) in [6.07, 6.45) is 4.10. The maximum atomic E-state index is 11.0. The Morgan fingerprint density at radius 2 is 2.16 bits per heavy atom. The van der Waals surface area contributed by atoms with E-state index in [2.05, 4.69) is 13.8 Å². The van der Waals surface area contributed by atoms with Gasteiger partial charge in [-0.15, -0.1) is 11.6 Å². The normalized spacial score (nSPS) is 23.2. The minimum absolute atomic E-state index is 0.0291.